The lowest BCUT2D eigenvalue weighted by atomic mass is 9.78. The molecule has 1 aliphatic heterocycles. The topological polar surface area (TPSA) is 68.0 Å². The van der Waals surface area contributed by atoms with Crippen molar-refractivity contribution < 1.29 is 9.31 Å². The van der Waals surface area contributed by atoms with Crippen molar-refractivity contribution in [2.45, 2.75) is 45.3 Å². The number of hydrogen-bond donors (Lipinski definition) is 0. The van der Waals surface area contributed by atoms with Crippen molar-refractivity contribution >= 4 is 12.6 Å². The van der Waals surface area contributed by atoms with Gasteiger partial charge in [-0.25, -0.2) is 9.97 Å². The van der Waals surface area contributed by atoms with E-state index in [0.717, 1.165) is 5.46 Å². The fourth-order valence-electron chi connectivity index (χ4n) is 1.76. The van der Waals surface area contributed by atoms with Gasteiger partial charge in [0.15, 0.2) is 0 Å². The average molecular weight is 245 g/mol. The van der Waals surface area contributed by atoms with Crippen molar-refractivity contribution in [3.05, 3.63) is 18.2 Å². The first-order valence-corrected chi connectivity index (χ1v) is 5.89. The third-order valence-electron chi connectivity index (χ3n) is 3.58. The lowest BCUT2D eigenvalue weighted by molar-refractivity contribution is 0.00578. The normalized spacial score (nSPS) is 20.7. The van der Waals surface area contributed by atoms with Crippen molar-refractivity contribution in [1.82, 2.24) is 9.97 Å². The van der Waals surface area contributed by atoms with Crippen LogP contribution < -0.4 is 5.46 Å². The molecule has 2 heterocycles. The SMILES string of the molecule is CC1(C)OB(c2cncnc2CC#N)OC1(C)C. The molecule has 0 N–H and O–H groups in total. The molecule has 1 aliphatic rings. The summed E-state index contributed by atoms with van der Waals surface area (Å²) in [7, 11) is -0.514. The molecule has 0 unspecified atom stereocenters. The van der Waals surface area contributed by atoms with Crippen LogP contribution in [0, 0.1) is 11.3 Å². The third-order valence-corrected chi connectivity index (χ3v) is 3.58. The van der Waals surface area contributed by atoms with E-state index in [4.69, 9.17) is 14.6 Å². The van der Waals surface area contributed by atoms with Gasteiger partial charge >= 0.3 is 7.12 Å². The van der Waals surface area contributed by atoms with Gasteiger partial charge < -0.3 is 9.31 Å². The fourth-order valence-corrected chi connectivity index (χ4v) is 1.76. The Bertz CT molecular complexity index is 480. The molecule has 0 amide bonds. The predicted molar refractivity (Wildman–Crippen MR) is 67.1 cm³/mol. The quantitative estimate of drug-likeness (QED) is 0.722. The van der Waals surface area contributed by atoms with Crippen molar-refractivity contribution in [3.8, 4) is 6.07 Å². The molecule has 6 heteroatoms. The molecule has 0 atom stereocenters. The van der Waals surface area contributed by atoms with Crippen molar-refractivity contribution in [2.75, 3.05) is 0 Å². The lowest BCUT2D eigenvalue weighted by Crippen LogP contribution is -2.41. The zero-order valence-corrected chi connectivity index (χ0v) is 11.1. The third kappa shape index (κ3) is 2.12. The molecule has 0 radical (unpaired) electrons. The van der Waals surface area contributed by atoms with E-state index in [1.807, 2.05) is 27.7 Å². The van der Waals surface area contributed by atoms with Gasteiger partial charge in [0.2, 0.25) is 0 Å². The van der Waals surface area contributed by atoms with Crippen LogP contribution in [-0.4, -0.2) is 28.3 Å². The van der Waals surface area contributed by atoms with E-state index in [2.05, 4.69) is 16.0 Å². The Balaban J connectivity index is 2.33. The molecule has 5 nitrogen and oxygen atoms in total. The van der Waals surface area contributed by atoms with E-state index in [9.17, 15) is 0 Å². The minimum atomic E-state index is -0.514. The Labute approximate surface area is 107 Å². The average Bonchev–Trinajstić information content (AvgIpc) is 2.49. The van der Waals surface area contributed by atoms with Crippen LogP contribution in [0.25, 0.3) is 0 Å². The van der Waals surface area contributed by atoms with Crippen molar-refractivity contribution in [1.29, 1.82) is 5.26 Å². The Kier molecular flexibility index (Phi) is 3.13. The summed E-state index contributed by atoms with van der Waals surface area (Å²) in [4.78, 5) is 8.10. The van der Waals surface area contributed by atoms with Crippen LogP contribution in [0.1, 0.15) is 33.4 Å². The predicted octanol–water partition coefficient (Wildman–Crippen LogP) is 0.842. The van der Waals surface area contributed by atoms with Crippen LogP contribution in [0.2, 0.25) is 0 Å². The molecule has 0 spiro atoms. The second kappa shape index (κ2) is 4.34. The molecule has 0 aromatic carbocycles. The Morgan fingerprint density at radius 3 is 2.44 bits per heavy atom. The molecule has 18 heavy (non-hydrogen) atoms. The first-order valence-electron chi connectivity index (χ1n) is 5.89. The number of nitrogens with zero attached hydrogens (tertiary/aromatic N) is 3. The summed E-state index contributed by atoms with van der Waals surface area (Å²) >= 11 is 0. The van der Waals surface area contributed by atoms with Gasteiger partial charge in [-0.1, -0.05) is 0 Å². The monoisotopic (exact) mass is 245 g/mol. The van der Waals surface area contributed by atoms with Gasteiger partial charge in [0.25, 0.3) is 0 Å². The highest BCUT2D eigenvalue weighted by Gasteiger charge is 2.52. The van der Waals surface area contributed by atoms with Gasteiger partial charge in [0.1, 0.15) is 6.33 Å². The maximum absolute atomic E-state index is 8.80. The first kappa shape index (κ1) is 13.0. The highest BCUT2D eigenvalue weighted by atomic mass is 16.7. The summed E-state index contributed by atoms with van der Waals surface area (Å²) in [5.74, 6) is 0. The molecule has 1 aromatic heterocycles. The van der Waals surface area contributed by atoms with E-state index < -0.39 is 18.3 Å². The molecular weight excluding hydrogens is 229 g/mol. The van der Waals surface area contributed by atoms with Gasteiger partial charge in [0.05, 0.1) is 29.4 Å². The smallest absolute Gasteiger partial charge is 0.399 e. The fraction of sp³-hybridized carbons (Fsp3) is 0.583. The summed E-state index contributed by atoms with van der Waals surface area (Å²) in [5, 5.41) is 8.80. The van der Waals surface area contributed by atoms with Gasteiger partial charge in [-0.05, 0) is 27.7 Å². The molecule has 1 fully saturated rings. The number of nitriles is 1. The molecular formula is C12H16BN3O2. The molecule has 0 bridgehead atoms. The molecule has 0 saturated carbocycles. The van der Waals surface area contributed by atoms with E-state index >= 15 is 0 Å². The lowest BCUT2D eigenvalue weighted by Gasteiger charge is -2.32. The summed E-state index contributed by atoms with van der Waals surface area (Å²) in [6.45, 7) is 7.95. The van der Waals surface area contributed by atoms with Crippen molar-refractivity contribution in [3.63, 3.8) is 0 Å². The minimum Gasteiger partial charge on any atom is -0.399 e. The zero-order chi connectivity index (χ0) is 13.4. The standard InChI is InChI=1S/C12H16BN3O2/c1-11(2)12(3,4)18-13(17-11)9-7-15-8-16-10(9)5-6-14/h7-8H,5H2,1-4H3. The molecule has 94 valence electrons. The summed E-state index contributed by atoms with van der Waals surface area (Å²) < 4.78 is 11.9. The first-order chi connectivity index (χ1) is 8.37. The largest absolute Gasteiger partial charge is 0.498 e. The maximum atomic E-state index is 8.80. The van der Waals surface area contributed by atoms with E-state index in [0.29, 0.717) is 5.69 Å². The van der Waals surface area contributed by atoms with Crippen LogP contribution in [0.15, 0.2) is 12.5 Å². The Hall–Kier alpha value is -1.45. The molecule has 0 aliphatic carbocycles. The highest BCUT2D eigenvalue weighted by molar-refractivity contribution is 6.62. The molecule has 1 saturated heterocycles. The van der Waals surface area contributed by atoms with Crippen LogP contribution in [0.4, 0.5) is 0 Å². The van der Waals surface area contributed by atoms with Crippen molar-refractivity contribution in [2.24, 2.45) is 0 Å². The summed E-state index contributed by atoms with van der Waals surface area (Å²) in [6.07, 6.45) is 3.31. The number of aromatic nitrogens is 2. The molecule has 2 rings (SSSR count). The van der Waals surface area contributed by atoms with Gasteiger partial charge in [-0.2, -0.15) is 5.26 Å². The van der Waals surface area contributed by atoms with Gasteiger partial charge in [-0.3, -0.25) is 0 Å². The number of rotatable bonds is 2. The van der Waals surface area contributed by atoms with E-state index in [1.54, 1.807) is 6.20 Å². The van der Waals surface area contributed by atoms with E-state index in [1.165, 1.54) is 6.33 Å². The maximum Gasteiger partial charge on any atom is 0.498 e. The van der Waals surface area contributed by atoms with Crippen LogP contribution in [0.5, 0.6) is 0 Å². The molecule has 1 aromatic rings. The Morgan fingerprint density at radius 2 is 1.89 bits per heavy atom. The Morgan fingerprint density at radius 1 is 1.28 bits per heavy atom. The van der Waals surface area contributed by atoms with Crippen LogP contribution in [0.3, 0.4) is 0 Å². The van der Waals surface area contributed by atoms with Gasteiger partial charge in [0, 0.05) is 11.7 Å². The summed E-state index contributed by atoms with van der Waals surface area (Å²) in [6, 6.07) is 2.09. The summed E-state index contributed by atoms with van der Waals surface area (Å²) in [5.41, 5.74) is 0.582. The van der Waals surface area contributed by atoms with Gasteiger partial charge in [-0.15, -0.1) is 0 Å². The zero-order valence-electron chi connectivity index (χ0n) is 11.1. The van der Waals surface area contributed by atoms with Crippen LogP contribution in [-0.2, 0) is 15.7 Å². The second-order valence-electron chi connectivity index (χ2n) is 5.35. The minimum absolute atomic E-state index is 0.224. The van der Waals surface area contributed by atoms with Crippen LogP contribution >= 0.6 is 0 Å². The van der Waals surface area contributed by atoms with E-state index in [-0.39, 0.29) is 6.42 Å². The second-order valence-corrected chi connectivity index (χ2v) is 5.35. The number of hydrogen-bond acceptors (Lipinski definition) is 5. The highest BCUT2D eigenvalue weighted by Crippen LogP contribution is 2.36.